The highest BCUT2D eigenvalue weighted by atomic mass is 79.9. The van der Waals surface area contributed by atoms with E-state index >= 15 is 0 Å². The summed E-state index contributed by atoms with van der Waals surface area (Å²) in [6.45, 7) is 1.66. The fourth-order valence-corrected chi connectivity index (χ4v) is 3.38. The second-order valence-corrected chi connectivity index (χ2v) is 6.24. The monoisotopic (exact) mass is 333 g/mol. The van der Waals surface area contributed by atoms with Crippen LogP contribution >= 0.6 is 15.9 Å². The predicted octanol–water partition coefficient (Wildman–Crippen LogP) is 3.94. The largest absolute Gasteiger partial charge is 0.380 e. The maximum atomic E-state index is 5.90. The van der Waals surface area contributed by atoms with Gasteiger partial charge in [-0.3, -0.25) is 0 Å². The van der Waals surface area contributed by atoms with Gasteiger partial charge in [-0.1, -0.05) is 15.9 Å². The number of ether oxygens (including phenoxy) is 1. The fraction of sp³-hybridized carbons (Fsp3) is 0.400. The van der Waals surface area contributed by atoms with Crippen molar-refractivity contribution in [2.45, 2.75) is 32.0 Å². The van der Waals surface area contributed by atoms with Crippen molar-refractivity contribution in [3.63, 3.8) is 0 Å². The molecular weight excluding hydrogens is 318 g/mol. The second kappa shape index (κ2) is 4.90. The minimum absolute atomic E-state index is 0.0853. The summed E-state index contributed by atoms with van der Waals surface area (Å²) in [6.07, 6.45) is 5.47. The highest BCUT2D eigenvalue weighted by Crippen LogP contribution is 2.39. The zero-order valence-corrected chi connectivity index (χ0v) is 12.7. The van der Waals surface area contributed by atoms with Gasteiger partial charge in [0.05, 0.1) is 11.9 Å². The van der Waals surface area contributed by atoms with Crippen LogP contribution in [0.5, 0.6) is 0 Å². The quantitative estimate of drug-likeness (QED) is 0.859. The normalized spacial score (nSPS) is 20.9. The molecular formula is C15H16BrN3O. The van der Waals surface area contributed by atoms with Crippen molar-refractivity contribution >= 4 is 21.6 Å². The molecule has 4 rings (SSSR count). The molecule has 1 aromatic heterocycles. The Kier molecular flexibility index (Phi) is 3.04. The molecule has 1 unspecified atom stereocenters. The Morgan fingerprint density at radius 3 is 3.15 bits per heavy atom. The topological polar surface area (TPSA) is 39.1 Å². The summed E-state index contributed by atoms with van der Waals surface area (Å²) in [5.41, 5.74) is 4.82. The first kappa shape index (κ1) is 12.4. The van der Waals surface area contributed by atoms with E-state index in [1.165, 1.54) is 23.2 Å². The van der Waals surface area contributed by atoms with Crippen LogP contribution in [0, 0.1) is 0 Å². The highest BCUT2D eigenvalue weighted by Gasteiger charge is 2.26. The Morgan fingerprint density at radius 2 is 2.30 bits per heavy atom. The smallest absolute Gasteiger partial charge is 0.150 e. The van der Waals surface area contributed by atoms with Gasteiger partial charge < -0.3 is 10.1 Å². The Labute approximate surface area is 126 Å². The van der Waals surface area contributed by atoms with Crippen molar-refractivity contribution < 1.29 is 4.74 Å². The summed E-state index contributed by atoms with van der Waals surface area (Å²) >= 11 is 3.53. The predicted molar refractivity (Wildman–Crippen MR) is 81.5 cm³/mol. The van der Waals surface area contributed by atoms with E-state index in [0.717, 1.165) is 36.2 Å². The van der Waals surface area contributed by atoms with Crippen molar-refractivity contribution in [3.05, 3.63) is 34.4 Å². The van der Waals surface area contributed by atoms with Crippen LogP contribution in [0.2, 0.25) is 0 Å². The molecule has 2 aliphatic heterocycles. The maximum Gasteiger partial charge on any atom is 0.150 e. The molecule has 4 nitrogen and oxygen atoms in total. The molecule has 0 amide bonds. The number of nitrogens with zero attached hydrogens (tertiary/aromatic N) is 2. The van der Waals surface area contributed by atoms with Crippen molar-refractivity contribution in [2.24, 2.45) is 0 Å². The van der Waals surface area contributed by atoms with Gasteiger partial charge >= 0.3 is 0 Å². The van der Waals surface area contributed by atoms with E-state index in [-0.39, 0.29) is 6.23 Å². The van der Waals surface area contributed by atoms with Gasteiger partial charge in [0, 0.05) is 34.4 Å². The third-order valence-electron chi connectivity index (χ3n) is 4.01. The van der Waals surface area contributed by atoms with Gasteiger partial charge in [0.2, 0.25) is 0 Å². The highest BCUT2D eigenvalue weighted by molar-refractivity contribution is 9.10. The lowest BCUT2D eigenvalue weighted by molar-refractivity contribution is -0.0384. The average Bonchev–Trinajstić information content (AvgIpc) is 2.92. The molecule has 0 spiro atoms. The summed E-state index contributed by atoms with van der Waals surface area (Å²) in [7, 11) is 0. The number of fused-ring (bicyclic) bond motifs is 3. The van der Waals surface area contributed by atoms with Gasteiger partial charge in [-0.25, -0.2) is 4.68 Å². The van der Waals surface area contributed by atoms with Crippen LogP contribution < -0.4 is 5.32 Å². The van der Waals surface area contributed by atoms with Crippen LogP contribution in [0.15, 0.2) is 28.9 Å². The molecule has 1 atom stereocenters. The van der Waals surface area contributed by atoms with E-state index in [0.29, 0.717) is 0 Å². The van der Waals surface area contributed by atoms with Gasteiger partial charge in [-0.15, -0.1) is 0 Å². The molecule has 0 aliphatic carbocycles. The van der Waals surface area contributed by atoms with Gasteiger partial charge in [0.15, 0.2) is 6.23 Å². The Hall–Kier alpha value is -1.33. The number of benzene rings is 1. The zero-order chi connectivity index (χ0) is 13.5. The van der Waals surface area contributed by atoms with Crippen LogP contribution in [-0.4, -0.2) is 16.4 Å². The first-order chi connectivity index (χ1) is 9.83. The number of hydrogen-bond acceptors (Lipinski definition) is 3. The lowest BCUT2D eigenvalue weighted by Gasteiger charge is -2.27. The Morgan fingerprint density at radius 1 is 1.35 bits per heavy atom. The molecule has 1 fully saturated rings. The van der Waals surface area contributed by atoms with Crippen LogP contribution in [0.1, 0.15) is 31.1 Å². The van der Waals surface area contributed by atoms with E-state index in [2.05, 4.69) is 49.2 Å². The van der Waals surface area contributed by atoms with E-state index in [1.807, 2.05) is 6.20 Å². The van der Waals surface area contributed by atoms with Gasteiger partial charge in [-0.05, 0) is 37.5 Å². The summed E-state index contributed by atoms with van der Waals surface area (Å²) in [4.78, 5) is 0. The van der Waals surface area contributed by atoms with E-state index in [1.54, 1.807) is 0 Å². The van der Waals surface area contributed by atoms with Crippen molar-refractivity contribution in [1.82, 2.24) is 9.78 Å². The Bertz CT molecular complexity index is 647. The molecule has 2 aliphatic rings. The second-order valence-electron chi connectivity index (χ2n) is 5.33. The van der Waals surface area contributed by atoms with Crippen molar-refractivity contribution in [2.75, 3.05) is 11.9 Å². The summed E-state index contributed by atoms with van der Waals surface area (Å²) in [5, 5.41) is 8.03. The molecule has 5 heteroatoms. The zero-order valence-electron chi connectivity index (χ0n) is 11.1. The van der Waals surface area contributed by atoms with Gasteiger partial charge in [0.1, 0.15) is 0 Å². The Balaban J connectivity index is 1.82. The van der Waals surface area contributed by atoms with Crippen LogP contribution in [0.3, 0.4) is 0 Å². The van der Waals surface area contributed by atoms with E-state index in [4.69, 9.17) is 4.74 Å². The first-order valence-electron chi connectivity index (χ1n) is 7.05. The van der Waals surface area contributed by atoms with Crippen LogP contribution in [0.4, 0.5) is 5.69 Å². The van der Waals surface area contributed by atoms with Crippen LogP contribution in [0.25, 0.3) is 11.3 Å². The van der Waals surface area contributed by atoms with E-state index in [9.17, 15) is 0 Å². The standard InChI is InChI=1S/C15H16BrN3O/c16-11-4-5-12-13(7-11)17-8-10-9-18-19(15(10)12)14-3-1-2-6-20-14/h4-5,7,9,14,17H,1-3,6,8H2. The van der Waals surface area contributed by atoms with Crippen molar-refractivity contribution in [1.29, 1.82) is 0 Å². The number of aromatic nitrogens is 2. The average molecular weight is 334 g/mol. The molecule has 1 saturated heterocycles. The summed E-state index contributed by atoms with van der Waals surface area (Å²) in [5.74, 6) is 0. The van der Waals surface area contributed by atoms with Gasteiger partial charge in [-0.2, -0.15) is 5.10 Å². The lowest BCUT2D eigenvalue weighted by atomic mass is 10.0. The third kappa shape index (κ3) is 1.96. The molecule has 0 bridgehead atoms. The minimum atomic E-state index is 0.0853. The number of rotatable bonds is 1. The molecule has 3 heterocycles. The molecule has 20 heavy (non-hydrogen) atoms. The summed E-state index contributed by atoms with van der Waals surface area (Å²) < 4.78 is 9.06. The number of anilines is 1. The molecule has 0 saturated carbocycles. The third-order valence-corrected chi connectivity index (χ3v) is 4.50. The lowest BCUT2D eigenvalue weighted by Crippen LogP contribution is -2.21. The van der Waals surface area contributed by atoms with E-state index < -0.39 is 0 Å². The minimum Gasteiger partial charge on any atom is -0.380 e. The van der Waals surface area contributed by atoms with Gasteiger partial charge in [0.25, 0.3) is 0 Å². The fourth-order valence-electron chi connectivity index (χ4n) is 3.02. The SMILES string of the molecule is Brc1ccc2c(c1)NCc1cnn(C3CCCCO3)c1-2. The number of halogens is 1. The molecule has 0 radical (unpaired) electrons. The van der Waals surface area contributed by atoms with Crippen molar-refractivity contribution in [3.8, 4) is 11.3 Å². The first-order valence-corrected chi connectivity index (χ1v) is 7.84. The number of nitrogens with one attached hydrogen (secondary N) is 1. The molecule has 2 aromatic rings. The van der Waals surface area contributed by atoms with Crippen LogP contribution in [-0.2, 0) is 11.3 Å². The number of hydrogen-bond donors (Lipinski definition) is 1. The molecule has 1 aromatic carbocycles. The summed E-state index contributed by atoms with van der Waals surface area (Å²) in [6, 6.07) is 6.34. The maximum absolute atomic E-state index is 5.90. The molecule has 1 N–H and O–H groups in total. The molecule has 104 valence electrons.